The Bertz CT molecular complexity index is 2240. The molecule has 5 aromatic rings. The number of aromatic nitrogens is 5. The van der Waals surface area contributed by atoms with Gasteiger partial charge in [-0.15, -0.1) is 5.10 Å². The van der Waals surface area contributed by atoms with Gasteiger partial charge in [0.1, 0.15) is 18.1 Å². The zero-order valence-electron chi connectivity index (χ0n) is 29.6. The lowest BCUT2D eigenvalue weighted by atomic mass is 9.98. The molecule has 2 aliphatic heterocycles. The van der Waals surface area contributed by atoms with Crippen molar-refractivity contribution in [3.63, 3.8) is 0 Å². The number of anilines is 3. The van der Waals surface area contributed by atoms with Gasteiger partial charge in [-0.2, -0.15) is 4.68 Å². The first-order valence-corrected chi connectivity index (χ1v) is 17.9. The van der Waals surface area contributed by atoms with Crippen molar-refractivity contribution < 1.29 is 33.8 Å². The summed E-state index contributed by atoms with van der Waals surface area (Å²) in [7, 11) is 1.68. The number of fused-ring (bicyclic) bond motifs is 1. The van der Waals surface area contributed by atoms with Crippen LogP contribution in [-0.2, 0) is 25.5 Å². The number of tetrazole rings is 1. The van der Waals surface area contributed by atoms with Crippen molar-refractivity contribution in [3.8, 4) is 5.69 Å². The van der Waals surface area contributed by atoms with E-state index in [0.29, 0.717) is 69.9 Å². The zero-order chi connectivity index (χ0) is 38.6. The number of nitrogens with one attached hydrogen (secondary N) is 3. The number of aromatic amines is 1. The second-order valence-electron chi connectivity index (χ2n) is 13.4. The van der Waals surface area contributed by atoms with Crippen LogP contribution in [0.4, 0.5) is 21.9 Å². The number of carboxylic acid groups (broad SMARTS) is 1. The molecular weight excluding hydrogens is 732 g/mol. The van der Waals surface area contributed by atoms with Gasteiger partial charge in [0.2, 0.25) is 5.91 Å². The van der Waals surface area contributed by atoms with Crippen LogP contribution < -0.4 is 15.5 Å². The molecule has 18 heteroatoms. The lowest BCUT2D eigenvalue weighted by Gasteiger charge is -2.38. The number of methoxy groups -OCH3 is 1. The number of amides is 5. The number of hydrogen-bond donors (Lipinski definition) is 4. The molecular formula is C37H37ClN10O7. The smallest absolute Gasteiger partial charge is 0.352 e. The Hall–Kier alpha value is -6.33. The highest BCUT2D eigenvalue weighted by Crippen LogP contribution is 2.30. The number of ether oxygens (including phenoxy) is 1. The van der Waals surface area contributed by atoms with E-state index in [1.54, 1.807) is 72.7 Å². The molecule has 5 amide bonds. The van der Waals surface area contributed by atoms with Gasteiger partial charge in [-0.25, -0.2) is 9.59 Å². The van der Waals surface area contributed by atoms with Crippen LogP contribution in [0.3, 0.4) is 0 Å². The first kappa shape index (κ1) is 37.0. The van der Waals surface area contributed by atoms with E-state index >= 15 is 0 Å². The molecule has 3 aromatic carbocycles. The monoisotopic (exact) mass is 768 g/mol. The third-order valence-electron chi connectivity index (χ3n) is 9.81. The maximum atomic E-state index is 14.1. The van der Waals surface area contributed by atoms with Gasteiger partial charge in [0.15, 0.2) is 0 Å². The normalized spacial score (nSPS) is 15.7. The van der Waals surface area contributed by atoms with E-state index in [2.05, 4.69) is 31.1 Å². The first-order chi connectivity index (χ1) is 26.6. The Morgan fingerprint density at radius 3 is 2.40 bits per heavy atom. The van der Waals surface area contributed by atoms with Gasteiger partial charge in [0, 0.05) is 73.6 Å². The van der Waals surface area contributed by atoms with E-state index in [0.717, 1.165) is 12.8 Å². The van der Waals surface area contributed by atoms with Crippen molar-refractivity contribution in [2.45, 2.75) is 25.3 Å². The standard InChI is InChI=1S/C37H37ClN10O7/c1-55-20-23-10-12-45(13-11-23)37(54)41-26-5-2-22(3-6-26)16-32(33(49)40-27-7-8-28-24(17-27)18-29(42-28)36(52)53)47-15-14-46(34(50)35(47)51)31-19-25(38)4-9-30(31)48-21-39-43-44-48/h2-9,17-19,21,23,32,42H,10-16,20H2,1H3,(H,40,49)(H,41,54)(H,52,53). The number of carboxylic acids is 1. The lowest BCUT2D eigenvalue weighted by Crippen LogP contribution is -2.60. The minimum atomic E-state index is -1.14. The average Bonchev–Trinajstić information content (AvgIpc) is 3.87. The molecule has 0 bridgehead atoms. The Labute approximate surface area is 319 Å². The van der Waals surface area contributed by atoms with E-state index in [4.69, 9.17) is 16.3 Å². The number of likely N-dealkylation sites (tertiary alicyclic amines) is 1. The van der Waals surface area contributed by atoms with Gasteiger partial charge < -0.3 is 40.2 Å². The maximum Gasteiger partial charge on any atom is 0.352 e. The van der Waals surface area contributed by atoms with Crippen molar-refractivity contribution in [3.05, 3.63) is 89.3 Å². The summed E-state index contributed by atoms with van der Waals surface area (Å²) in [5.74, 6) is -3.04. The van der Waals surface area contributed by atoms with Crippen LogP contribution >= 0.6 is 11.6 Å². The number of carbonyl (C=O) groups excluding carboxylic acids is 4. The minimum absolute atomic E-state index is 0.00173. The summed E-state index contributed by atoms with van der Waals surface area (Å²) in [6.45, 7) is 1.96. The quantitative estimate of drug-likeness (QED) is 0.143. The molecule has 7 rings (SSSR count). The molecule has 2 aromatic heterocycles. The van der Waals surface area contributed by atoms with Gasteiger partial charge in [0.05, 0.1) is 11.4 Å². The van der Waals surface area contributed by atoms with Crippen molar-refractivity contribution in [1.29, 1.82) is 0 Å². The summed E-state index contributed by atoms with van der Waals surface area (Å²) in [6.07, 6.45) is 3.11. The Balaban J connectivity index is 1.11. The number of urea groups is 1. The van der Waals surface area contributed by atoms with E-state index < -0.39 is 29.7 Å². The fourth-order valence-electron chi connectivity index (χ4n) is 6.94. The van der Waals surface area contributed by atoms with Crippen molar-refractivity contribution >= 4 is 69.3 Å². The Morgan fingerprint density at radius 1 is 0.927 bits per heavy atom. The highest BCUT2D eigenvalue weighted by molar-refractivity contribution is 6.41. The molecule has 1 atom stereocenters. The van der Waals surface area contributed by atoms with Gasteiger partial charge in [0.25, 0.3) is 0 Å². The van der Waals surface area contributed by atoms with Crippen LogP contribution in [0.15, 0.2) is 73.1 Å². The average molecular weight is 769 g/mol. The van der Waals surface area contributed by atoms with Crippen molar-refractivity contribution in [2.24, 2.45) is 5.92 Å². The van der Waals surface area contributed by atoms with Crippen LogP contribution in [0.5, 0.6) is 0 Å². The summed E-state index contributed by atoms with van der Waals surface area (Å²) in [6, 6.07) is 16.7. The van der Waals surface area contributed by atoms with E-state index in [9.17, 15) is 29.1 Å². The predicted molar refractivity (Wildman–Crippen MR) is 201 cm³/mol. The fourth-order valence-corrected chi connectivity index (χ4v) is 7.10. The number of piperidine rings is 1. The van der Waals surface area contributed by atoms with E-state index in [1.807, 2.05) is 0 Å². The number of aromatic carboxylic acids is 1. The van der Waals surface area contributed by atoms with Gasteiger partial charge in [-0.1, -0.05) is 23.7 Å². The third-order valence-corrected chi connectivity index (χ3v) is 10.0. The zero-order valence-corrected chi connectivity index (χ0v) is 30.4. The number of halogens is 1. The minimum Gasteiger partial charge on any atom is -0.477 e. The molecule has 4 N–H and O–H groups in total. The molecule has 2 aliphatic rings. The SMILES string of the molecule is COCC1CCN(C(=O)Nc2ccc(CC(C(=O)Nc3ccc4[nH]c(C(=O)O)cc4c3)N3CCN(c4cc(Cl)ccc4-n4cnnn4)C(=O)C3=O)cc2)CC1. The Kier molecular flexibility index (Phi) is 10.7. The molecule has 0 aliphatic carbocycles. The molecule has 2 saturated heterocycles. The first-order valence-electron chi connectivity index (χ1n) is 17.5. The molecule has 55 heavy (non-hydrogen) atoms. The van der Waals surface area contributed by atoms with Crippen LogP contribution in [0.2, 0.25) is 5.02 Å². The van der Waals surface area contributed by atoms with Crippen LogP contribution in [0.25, 0.3) is 16.6 Å². The second kappa shape index (κ2) is 16.0. The summed E-state index contributed by atoms with van der Waals surface area (Å²) in [5, 5.41) is 27.3. The third kappa shape index (κ3) is 8.12. The highest BCUT2D eigenvalue weighted by atomic mass is 35.5. The molecule has 2 fully saturated rings. The predicted octanol–water partition coefficient (Wildman–Crippen LogP) is 3.81. The van der Waals surface area contributed by atoms with Gasteiger partial charge >= 0.3 is 23.8 Å². The molecule has 4 heterocycles. The van der Waals surface area contributed by atoms with Crippen LogP contribution in [-0.4, -0.2) is 116 Å². The van der Waals surface area contributed by atoms with Gasteiger partial charge in [-0.3, -0.25) is 14.4 Å². The number of rotatable bonds is 11. The van der Waals surface area contributed by atoms with Crippen LogP contribution in [0, 0.1) is 5.92 Å². The van der Waals surface area contributed by atoms with Crippen molar-refractivity contribution in [2.75, 3.05) is 55.4 Å². The second-order valence-corrected chi connectivity index (χ2v) is 13.8. The maximum absolute atomic E-state index is 14.1. The number of H-pyrrole nitrogens is 1. The summed E-state index contributed by atoms with van der Waals surface area (Å²) in [4.78, 5) is 73.5. The topological polar surface area (TPSA) is 208 Å². The lowest BCUT2D eigenvalue weighted by molar-refractivity contribution is -0.149. The summed E-state index contributed by atoms with van der Waals surface area (Å²) in [5.41, 5.74) is 2.90. The number of benzene rings is 3. The number of carbonyl (C=O) groups is 5. The molecule has 0 spiro atoms. The summed E-state index contributed by atoms with van der Waals surface area (Å²) >= 11 is 6.31. The van der Waals surface area contributed by atoms with Crippen LogP contribution in [0.1, 0.15) is 28.9 Å². The number of hydrogen-bond acceptors (Lipinski definition) is 9. The van der Waals surface area contributed by atoms with E-state index in [-0.39, 0.29) is 31.2 Å². The fraction of sp³-hybridized carbons (Fsp3) is 0.297. The molecule has 1 unspecified atom stereocenters. The highest BCUT2D eigenvalue weighted by Gasteiger charge is 2.41. The van der Waals surface area contributed by atoms with Crippen molar-refractivity contribution in [1.82, 2.24) is 35.0 Å². The molecule has 0 saturated carbocycles. The number of piperazine rings is 1. The summed E-state index contributed by atoms with van der Waals surface area (Å²) < 4.78 is 6.61. The Morgan fingerprint density at radius 2 is 1.69 bits per heavy atom. The van der Waals surface area contributed by atoms with Gasteiger partial charge in [-0.05, 0) is 89.3 Å². The molecule has 284 valence electrons. The molecule has 0 radical (unpaired) electrons. The molecule has 17 nitrogen and oxygen atoms in total. The van der Waals surface area contributed by atoms with E-state index in [1.165, 1.54) is 26.9 Å². The number of nitrogens with zero attached hydrogens (tertiary/aromatic N) is 7. The largest absolute Gasteiger partial charge is 0.477 e.